The molecular weight excluding hydrogens is 534 g/mol. The van der Waals surface area contributed by atoms with Crippen LogP contribution in [0, 0.1) is 5.92 Å². The van der Waals surface area contributed by atoms with Crippen molar-refractivity contribution < 1.29 is 4.79 Å². The maximum Gasteiger partial charge on any atom is 0.237 e. The normalized spacial score (nSPS) is 16.4. The number of carbonyl (C=O) groups is 1. The van der Waals surface area contributed by atoms with Crippen LogP contribution in [-0.4, -0.2) is 64.0 Å². The van der Waals surface area contributed by atoms with Crippen molar-refractivity contribution in [2.24, 2.45) is 5.92 Å². The summed E-state index contributed by atoms with van der Waals surface area (Å²) in [7, 11) is 4.01. The molecule has 224 valence electrons. The molecule has 3 aromatic carbocycles. The number of aryl methyl sites for hydroxylation is 1. The number of hydrogen-bond acceptors (Lipinski definition) is 5. The number of amides is 1. The smallest absolute Gasteiger partial charge is 0.237 e. The molecule has 6 rings (SSSR count). The minimum atomic E-state index is -0.148. The first-order chi connectivity index (χ1) is 20.9. The number of H-pyrrole nitrogens is 2. The van der Waals surface area contributed by atoms with Crippen molar-refractivity contribution in [1.29, 1.82) is 0 Å². The molecule has 1 amide bonds. The van der Waals surface area contributed by atoms with Gasteiger partial charge < -0.3 is 20.6 Å². The van der Waals surface area contributed by atoms with E-state index in [0.717, 1.165) is 66.2 Å². The second-order valence-electron chi connectivity index (χ2n) is 12.3. The van der Waals surface area contributed by atoms with Gasteiger partial charge in [0.2, 0.25) is 5.91 Å². The summed E-state index contributed by atoms with van der Waals surface area (Å²) in [5, 5.41) is 8.54. The average Bonchev–Trinajstić information content (AvgIpc) is 3.76. The third-order valence-corrected chi connectivity index (χ3v) is 8.85. The molecule has 3 heterocycles. The third kappa shape index (κ3) is 6.36. The zero-order valence-corrected chi connectivity index (χ0v) is 25.7. The van der Waals surface area contributed by atoms with Crippen molar-refractivity contribution in [1.82, 2.24) is 35.5 Å². The van der Waals surface area contributed by atoms with E-state index >= 15 is 0 Å². The number of unbranched alkanes of at least 4 members (excludes halogenated alkanes) is 1. The van der Waals surface area contributed by atoms with Crippen LogP contribution in [0.4, 0.5) is 0 Å². The number of likely N-dealkylation sites (tertiary alicyclic amines) is 1. The molecule has 0 saturated carbocycles. The lowest BCUT2D eigenvalue weighted by Crippen LogP contribution is -2.46. The summed E-state index contributed by atoms with van der Waals surface area (Å²) in [6.07, 6.45) is 7.04. The zero-order chi connectivity index (χ0) is 29.9. The number of aromatic amines is 2. The maximum absolute atomic E-state index is 12.3. The molecule has 0 spiro atoms. The molecule has 8 heteroatoms. The molecule has 0 radical (unpaired) electrons. The first kappa shape index (κ1) is 29.1. The van der Waals surface area contributed by atoms with Crippen molar-refractivity contribution >= 4 is 27.7 Å². The fourth-order valence-electron chi connectivity index (χ4n) is 6.36. The number of benzene rings is 3. The van der Waals surface area contributed by atoms with Crippen LogP contribution in [0.2, 0.25) is 0 Å². The second kappa shape index (κ2) is 12.7. The Labute approximate surface area is 253 Å². The molecule has 8 nitrogen and oxygen atoms in total. The van der Waals surface area contributed by atoms with Gasteiger partial charge in [-0.2, -0.15) is 0 Å². The molecular formula is C35H43N7O. The van der Waals surface area contributed by atoms with Gasteiger partial charge in [-0.15, -0.1) is 0 Å². The Balaban J connectivity index is 1.08. The first-order valence-corrected chi connectivity index (χ1v) is 15.6. The Morgan fingerprint density at radius 3 is 2.49 bits per heavy atom. The minimum Gasteiger partial charge on any atom is -0.355 e. The van der Waals surface area contributed by atoms with Gasteiger partial charge in [0.05, 0.1) is 35.0 Å². The molecule has 2 atom stereocenters. The highest BCUT2D eigenvalue weighted by Gasteiger charge is 2.25. The SMILES string of the molecule is CN[C@H](C(=O)NCCCCc1ncc(-c2ccc3cc(-c4ccc5nc(C6CCCN6C)[nH]c5c4)ccc3c2)[nH]1)C(C)C. The van der Waals surface area contributed by atoms with Gasteiger partial charge in [0, 0.05) is 18.5 Å². The number of hydrogen-bond donors (Lipinski definition) is 4. The molecule has 1 aliphatic heterocycles. The van der Waals surface area contributed by atoms with Crippen LogP contribution in [-0.2, 0) is 11.2 Å². The predicted molar refractivity (Wildman–Crippen MR) is 175 cm³/mol. The molecule has 5 aromatic rings. The van der Waals surface area contributed by atoms with Crippen LogP contribution in [0.3, 0.4) is 0 Å². The van der Waals surface area contributed by atoms with Crippen LogP contribution in [0.25, 0.3) is 44.2 Å². The van der Waals surface area contributed by atoms with Crippen LogP contribution in [0.1, 0.15) is 57.2 Å². The molecule has 2 aromatic heterocycles. The maximum atomic E-state index is 12.3. The molecule has 4 N–H and O–H groups in total. The predicted octanol–water partition coefficient (Wildman–Crippen LogP) is 6.22. The van der Waals surface area contributed by atoms with E-state index in [0.29, 0.717) is 12.6 Å². The summed E-state index contributed by atoms with van der Waals surface area (Å²) in [6, 6.07) is 20.0. The van der Waals surface area contributed by atoms with Gasteiger partial charge in [0.1, 0.15) is 11.6 Å². The van der Waals surface area contributed by atoms with E-state index in [2.05, 4.69) is 106 Å². The van der Waals surface area contributed by atoms with Crippen LogP contribution in [0.5, 0.6) is 0 Å². The first-order valence-electron chi connectivity index (χ1n) is 15.6. The number of likely N-dealkylation sites (N-methyl/N-ethyl adjacent to an activating group) is 1. The fraction of sp³-hybridized carbons (Fsp3) is 0.400. The average molecular weight is 578 g/mol. The third-order valence-electron chi connectivity index (χ3n) is 8.85. The summed E-state index contributed by atoms with van der Waals surface area (Å²) in [6.45, 7) is 5.91. The highest BCUT2D eigenvalue weighted by Crippen LogP contribution is 2.32. The Morgan fingerprint density at radius 1 is 1.00 bits per heavy atom. The summed E-state index contributed by atoms with van der Waals surface area (Å²) < 4.78 is 0. The molecule has 0 aliphatic carbocycles. The van der Waals surface area contributed by atoms with Gasteiger partial charge in [0.15, 0.2) is 0 Å². The summed E-state index contributed by atoms with van der Waals surface area (Å²) in [5.41, 5.74) is 6.66. The summed E-state index contributed by atoms with van der Waals surface area (Å²) >= 11 is 0. The van der Waals surface area contributed by atoms with Crippen molar-refractivity contribution in [2.75, 3.05) is 27.2 Å². The topological polar surface area (TPSA) is 102 Å². The number of aromatic nitrogens is 4. The number of rotatable bonds is 11. The molecule has 1 unspecified atom stereocenters. The van der Waals surface area contributed by atoms with E-state index in [1.54, 1.807) is 0 Å². The lowest BCUT2D eigenvalue weighted by Gasteiger charge is -2.19. The van der Waals surface area contributed by atoms with Gasteiger partial charge in [-0.3, -0.25) is 9.69 Å². The lowest BCUT2D eigenvalue weighted by molar-refractivity contribution is -0.124. The van der Waals surface area contributed by atoms with Gasteiger partial charge in [0.25, 0.3) is 0 Å². The summed E-state index contributed by atoms with van der Waals surface area (Å²) in [5.74, 6) is 2.39. The molecule has 1 aliphatic rings. The number of imidazole rings is 2. The number of fused-ring (bicyclic) bond motifs is 2. The highest BCUT2D eigenvalue weighted by molar-refractivity contribution is 5.91. The zero-order valence-electron chi connectivity index (χ0n) is 25.7. The van der Waals surface area contributed by atoms with Crippen LogP contribution < -0.4 is 10.6 Å². The molecule has 43 heavy (non-hydrogen) atoms. The quantitative estimate of drug-likeness (QED) is 0.140. The van der Waals surface area contributed by atoms with Crippen molar-refractivity contribution in [3.05, 3.63) is 72.4 Å². The Bertz CT molecular complexity index is 1720. The monoisotopic (exact) mass is 577 g/mol. The van der Waals surface area contributed by atoms with E-state index in [9.17, 15) is 4.79 Å². The Hall–Kier alpha value is -4.01. The largest absolute Gasteiger partial charge is 0.355 e. The number of nitrogens with zero attached hydrogens (tertiary/aromatic N) is 3. The number of nitrogens with one attached hydrogen (secondary N) is 4. The standard InChI is InChI=1S/C35H43N7O/c1-22(2)33(36-3)35(43)37-16-6-5-9-32-38-21-30(39-32)27-13-12-23-18-24(10-11-25(23)19-27)26-14-15-28-29(20-26)41-34(40-28)31-8-7-17-42(31)4/h10-15,18-22,31,33,36H,5-9,16-17H2,1-4H3,(H,37,43)(H,38,39)(H,40,41)/t31?,33-/m0/s1. The van der Waals surface area contributed by atoms with Crippen molar-refractivity contribution in [3.63, 3.8) is 0 Å². The fourth-order valence-corrected chi connectivity index (χ4v) is 6.36. The number of carbonyl (C=O) groups excluding carboxylic acids is 1. The van der Waals surface area contributed by atoms with E-state index in [1.807, 2.05) is 13.2 Å². The second-order valence-corrected chi connectivity index (χ2v) is 12.3. The van der Waals surface area contributed by atoms with Gasteiger partial charge >= 0.3 is 0 Å². The van der Waals surface area contributed by atoms with E-state index in [1.165, 1.54) is 28.3 Å². The van der Waals surface area contributed by atoms with Gasteiger partial charge in [-0.25, -0.2) is 9.97 Å². The minimum absolute atomic E-state index is 0.0708. The lowest BCUT2D eigenvalue weighted by atomic mass is 9.99. The van der Waals surface area contributed by atoms with Crippen LogP contribution in [0.15, 0.2) is 60.8 Å². The van der Waals surface area contributed by atoms with Gasteiger partial charge in [-0.1, -0.05) is 44.2 Å². The van der Waals surface area contributed by atoms with Crippen molar-refractivity contribution in [3.8, 4) is 22.4 Å². The van der Waals surface area contributed by atoms with Gasteiger partial charge in [-0.05, 0) is 98.4 Å². The van der Waals surface area contributed by atoms with E-state index in [-0.39, 0.29) is 17.9 Å². The van der Waals surface area contributed by atoms with Crippen LogP contribution >= 0.6 is 0 Å². The van der Waals surface area contributed by atoms with Crippen molar-refractivity contribution in [2.45, 2.75) is 58.0 Å². The Morgan fingerprint density at radius 2 is 1.74 bits per heavy atom. The highest BCUT2D eigenvalue weighted by atomic mass is 16.2. The van der Waals surface area contributed by atoms with E-state index < -0.39 is 0 Å². The molecule has 1 fully saturated rings. The van der Waals surface area contributed by atoms with E-state index in [4.69, 9.17) is 4.98 Å². The molecule has 0 bridgehead atoms. The summed E-state index contributed by atoms with van der Waals surface area (Å²) in [4.78, 5) is 31.3. The molecule has 1 saturated heterocycles. The Kier molecular flexibility index (Phi) is 8.58.